The summed E-state index contributed by atoms with van der Waals surface area (Å²) >= 11 is 0. The number of aromatic nitrogens is 1. The molecule has 2 aromatic carbocycles. The molecule has 4 rings (SSSR count). The lowest BCUT2D eigenvalue weighted by Gasteiger charge is -2.33. The molecular formula is C26H28FN3O3. The molecule has 1 saturated heterocycles. The Hall–Kier alpha value is -3.29. The highest BCUT2D eigenvalue weighted by atomic mass is 19.1. The molecule has 1 unspecified atom stereocenters. The number of pyridine rings is 1. The van der Waals surface area contributed by atoms with Gasteiger partial charge in [0.1, 0.15) is 17.7 Å². The van der Waals surface area contributed by atoms with Crippen molar-refractivity contribution in [2.75, 3.05) is 40.4 Å². The van der Waals surface area contributed by atoms with Crippen LogP contribution in [0, 0.1) is 5.82 Å². The Kier molecular flexibility index (Phi) is 7.32. The SMILES string of the molecule is COc1ccc(CN(C)CC(=O)N2CCOC(c3ccc(-c4ccccc4F)cn3)C2)cc1. The average molecular weight is 450 g/mol. The van der Waals surface area contributed by atoms with E-state index in [1.807, 2.05) is 53.2 Å². The molecule has 0 saturated carbocycles. The summed E-state index contributed by atoms with van der Waals surface area (Å²) in [6.07, 6.45) is 1.35. The van der Waals surface area contributed by atoms with Crippen LogP contribution in [0.3, 0.4) is 0 Å². The number of carbonyl (C=O) groups excluding carboxylic acids is 1. The summed E-state index contributed by atoms with van der Waals surface area (Å²) in [5.74, 6) is 0.589. The minimum Gasteiger partial charge on any atom is -0.497 e. The van der Waals surface area contributed by atoms with Crippen LogP contribution < -0.4 is 4.74 Å². The normalized spacial score (nSPS) is 16.1. The van der Waals surface area contributed by atoms with Crippen molar-refractivity contribution in [2.45, 2.75) is 12.6 Å². The summed E-state index contributed by atoms with van der Waals surface area (Å²) in [6.45, 7) is 2.44. The van der Waals surface area contributed by atoms with Gasteiger partial charge in [-0.05, 0) is 36.9 Å². The van der Waals surface area contributed by atoms with E-state index in [9.17, 15) is 9.18 Å². The minimum atomic E-state index is -0.302. The number of methoxy groups -OCH3 is 1. The highest BCUT2D eigenvalue weighted by Crippen LogP contribution is 2.25. The Morgan fingerprint density at radius 2 is 1.97 bits per heavy atom. The van der Waals surface area contributed by atoms with Gasteiger partial charge in [0.2, 0.25) is 5.91 Å². The van der Waals surface area contributed by atoms with Crippen molar-refractivity contribution in [3.63, 3.8) is 0 Å². The van der Waals surface area contributed by atoms with Crippen LogP contribution in [-0.2, 0) is 16.1 Å². The molecule has 0 spiro atoms. The predicted octanol–water partition coefficient (Wildman–Crippen LogP) is 3.93. The van der Waals surface area contributed by atoms with Crippen molar-refractivity contribution < 1.29 is 18.7 Å². The molecule has 7 heteroatoms. The van der Waals surface area contributed by atoms with Gasteiger partial charge in [-0.25, -0.2) is 4.39 Å². The van der Waals surface area contributed by atoms with E-state index >= 15 is 0 Å². The van der Waals surface area contributed by atoms with E-state index < -0.39 is 0 Å². The van der Waals surface area contributed by atoms with Gasteiger partial charge in [0, 0.05) is 30.4 Å². The van der Waals surface area contributed by atoms with E-state index in [0.29, 0.717) is 43.9 Å². The number of carbonyl (C=O) groups is 1. The molecule has 1 aromatic heterocycles. The van der Waals surface area contributed by atoms with Gasteiger partial charge in [0.05, 0.1) is 32.5 Å². The average Bonchev–Trinajstić information content (AvgIpc) is 2.85. The lowest BCUT2D eigenvalue weighted by Crippen LogP contribution is -2.46. The van der Waals surface area contributed by atoms with Crippen LogP contribution in [0.1, 0.15) is 17.4 Å². The Bertz CT molecular complexity index is 1070. The topological polar surface area (TPSA) is 54.9 Å². The van der Waals surface area contributed by atoms with Gasteiger partial charge in [0.15, 0.2) is 0 Å². The van der Waals surface area contributed by atoms with Crippen LogP contribution in [0.5, 0.6) is 5.75 Å². The van der Waals surface area contributed by atoms with Crippen molar-refractivity contribution in [2.24, 2.45) is 0 Å². The molecule has 0 N–H and O–H groups in total. The van der Waals surface area contributed by atoms with Gasteiger partial charge in [0.25, 0.3) is 0 Å². The Balaban J connectivity index is 1.34. The van der Waals surface area contributed by atoms with Gasteiger partial charge in [-0.1, -0.05) is 36.4 Å². The van der Waals surface area contributed by atoms with E-state index in [1.165, 1.54) is 6.07 Å². The van der Waals surface area contributed by atoms with Crippen LogP contribution in [0.2, 0.25) is 0 Å². The van der Waals surface area contributed by atoms with Crippen LogP contribution >= 0.6 is 0 Å². The highest BCUT2D eigenvalue weighted by molar-refractivity contribution is 5.78. The van der Waals surface area contributed by atoms with Gasteiger partial charge in [-0.2, -0.15) is 0 Å². The van der Waals surface area contributed by atoms with E-state index in [1.54, 1.807) is 31.5 Å². The number of amides is 1. The van der Waals surface area contributed by atoms with Gasteiger partial charge in [-0.3, -0.25) is 14.7 Å². The van der Waals surface area contributed by atoms with Crippen LogP contribution in [0.25, 0.3) is 11.1 Å². The van der Waals surface area contributed by atoms with E-state index in [2.05, 4.69) is 4.98 Å². The largest absolute Gasteiger partial charge is 0.497 e. The summed E-state index contributed by atoms with van der Waals surface area (Å²) in [7, 11) is 3.57. The van der Waals surface area contributed by atoms with E-state index in [0.717, 1.165) is 17.0 Å². The number of halogens is 1. The molecule has 1 fully saturated rings. The maximum atomic E-state index is 14.0. The molecule has 1 aliphatic rings. The first kappa shape index (κ1) is 22.9. The van der Waals surface area contributed by atoms with E-state index in [4.69, 9.17) is 9.47 Å². The van der Waals surface area contributed by atoms with Crippen molar-refractivity contribution in [1.82, 2.24) is 14.8 Å². The summed E-state index contributed by atoms with van der Waals surface area (Å²) in [5, 5.41) is 0. The van der Waals surface area contributed by atoms with Crippen molar-refractivity contribution in [1.29, 1.82) is 0 Å². The number of likely N-dealkylation sites (N-methyl/N-ethyl adjacent to an activating group) is 1. The molecule has 1 atom stereocenters. The molecule has 1 amide bonds. The van der Waals surface area contributed by atoms with Crippen molar-refractivity contribution in [3.05, 3.63) is 83.9 Å². The first-order valence-corrected chi connectivity index (χ1v) is 10.9. The maximum Gasteiger partial charge on any atom is 0.236 e. The smallest absolute Gasteiger partial charge is 0.236 e. The van der Waals surface area contributed by atoms with Crippen molar-refractivity contribution in [3.8, 4) is 16.9 Å². The number of nitrogens with zero attached hydrogens (tertiary/aromatic N) is 3. The second kappa shape index (κ2) is 10.6. The van der Waals surface area contributed by atoms with Crippen molar-refractivity contribution >= 4 is 5.91 Å². The quantitative estimate of drug-likeness (QED) is 0.547. The molecule has 2 heterocycles. The lowest BCUT2D eigenvalue weighted by molar-refractivity contribution is -0.140. The molecular weight excluding hydrogens is 421 g/mol. The number of hydrogen-bond acceptors (Lipinski definition) is 5. The summed E-state index contributed by atoms with van der Waals surface area (Å²) in [6, 6.07) is 18.1. The Morgan fingerprint density at radius 3 is 2.67 bits per heavy atom. The third-order valence-corrected chi connectivity index (χ3v) is 5.74. The number of rotatable bonds is 7. The standard InChI is InChI=1S/C26H28FN3O3/c1-29(16-19-7-10-21(32-2)11-8-19)18-26(31)30-13-14-33-25(17-30)24-12-9-20(15-28-24)22-5-3-4-6-23(22)27/h3-12,15,25H,13-14,16-18H2,1-2H3. The molecule has 3 aromatic rings. The first-order chi connectivity index (χ1) is 16.0. The summed E-state index contributed by atoms with van der Waals surface area (Å²) < 4.78 is 25.1. The highest BCUT2D eigenvalue weighted by Gasteiger charge is 2.26. The van der Waals surface area contributed by atoms with Gasteiger partial charge < -0.3 is 14.4 Å². The third-order valence-electron chi connectivity index (χ3n) is 5.74. The van der Waals surface area contributed by atoms with Crippen LogP contribution in [0.4, 0.5) is 4.39 Å². The lowest BCUT2D eigenvalue weighted by atomic mass is 10.1. The first-order valence-electron chi connectivity index (χ1n) is 10.9. The second-order valence-electron chi connectivity index (χ2n) is 8.17. The zero-order valence-electron chi connectivity index (χ0n) is 18.9. The molecule has 33 heavy (non-hydrogen) atoms. The molecule has 6 nitrogen and oxygen atoms in total. The summed E-state index contributed by atoms with van der Waals surface area (Å²) in [5.41, 5.74) is 3.07. The molecule has 172 valence electrons. The fourth-order valence-electron chi connectivity index (χ4n) is 3.93. The molecule has 0 radical (unpaired) electrons. The maximum absolute atomic E-state index is 14.0. The van der Waals surface area contributed by atoms with Crippen LogP contribution in [0.15, 0.2) is 66.9 Å². The number of ether oxygens (including phenoxy) is 2. The molecule has 1 aliphatic heterocycles. The van der Waals surface area contributed by atoms with E-state index in [-0.39, 0.29) is 17.8 Å². The predicted molar refractivity (Wildman–Crippen MR) is 124 cm³/mol. The number of hydrogen-bond donors (Lipinski definition) is 0. The fraction of sp³-hybridized carbons (Fsp3) is 0.308. The third kappa shape index (κ3) is 5.74. The Morgan fingerprint density at radius 1 is 1.18 bits per heavy atom. The Labute approximate surface area is 193 Å². The van der Waals surface area contributed by atoms with Gasteiger partial charge >= 0.3 is 0 Å². The van der Waals surface area contributed by atoms with Crippen LogP contribution in [-0.4, -0.2) is 61.1 Å². The zero-order valence-corrected chi connectivity index (χ0v) is 18.9. The minimum absolute atomic E-state index is 0.0577. The second-order valence-corrected chi connectivity index (χ2v) is 8.17. The monoisotopic (exact) mass is 449 g/mol. The zero-order chi connectivity index (χ0) is 23.2. The molecule has 0 aliphatic carbocycles. The molecule has 0 bridgehead atoms. The fourth-order valence-corrected chi connectivity index (χ4v) is 3.93. The summed E-state index contributed by atoms with van der Waals surface area (Å²) in [4.78, 5) is 21.2. The number of morpholine rings is 1. The number of benzene rings is 2. The van der Waals surface area contributed by atoms with Gasteiger partial charge in [-0.15, -0.1) is 0 Å².